The van der Waals surface area contributed by atoms with E-state index in [-0.39, 0.29) is 17.5 Å². The zero-order valence-corrected chi connectivity index (χ0v) is 19.9. The molecule has 2 aromatic carbocycles. The summed E-state index contributed by atoms with van der Waals surface area (Å²) in [5.41, 5.74) is 1.71. The number of para-hydroxylation sites is 1. The van der Waals surface area contributed by atoms with Gasteiger partial charge in [0.15, 0.2) is 0 Å². The molecule has 2 aromatic rings. The Morgan fingerprint density at radius 1 is 0.938 bits per heavy atom. The molecule has 1 aliphatic rings. The van der Waals surface area contributed by atoms with E-state index in [9.17, 15) is 4.79 Å². The Bertz CT molecular complexity index is 841. The van der Waals surface area contributed by atoms with Crippen LogP contribution in [-0.2, 0) is 9.53 Å². The number of carbonyl (C=O) groups is 1. The van der Waals surface area contributed by atoms with Gasteiger partial charge in [0.2, 0.25) is 0 Å². The lowest BCUT2D eigenvalue weighted by molar-refractivity contribution is -0.171. The highest BCUT2D eigenvalue weighted by atomic mass is 16.6. The molecule has 32 heavy (non-hydrogen) atoms. The van der Waals surface area contributed by atoms with Crippen LogP contribution < -0.4 is 9.47 Å². The van der Waals surface area contributed by atoms with Crippen LogP contribution in [0.2, 0.25) is 0 Å². The Balaban J connectivity index is 1.52. The van der Waals surface area contributed by atoms with Crippen LogP contribution in [0.15, 0.2) is 48.5 Å². The van der Waals surface area contributed by atoms with E-state index in [2.05, 4.69) is 19.1 Å². The molecule has 0 bridgehead atoms. The Morgan fingerprint density at radius 3 is 2.41 bits per heavy atom. The Labute approximate surface area is 193 Å². The van der Waals surface area contributed by atoms with Gasteiger partial charge >= 0.3 is 5.97 Å². The quantitative estimate of drug-likeness (QED) is 0.259. The van der Waals surface area contributed by atoms with Gasteiger partial charge in [-0.15, -0.1) is 0 Å². The van der Waals surface area contributed by atoms with Gasteiger partial charge in [-0.05, 0) is 56.9 Å². The maximum atomic E-state index is 12.3. The largest absolute Gasteiger partial charge is 0.494 e. The lowest BCUT2D eigenvalue weighted by atomic mass is 9.91. The molecule has 1 fully saturated rings. The first-order valence-electron chi connectivity index (χ1n) is 12.2. The SMILES string of the molecule is CCCCCCCCOc1ccc(-c2ccccc2OC[C@@H]2CCC(C)(C)OC2=O)cc1. The highest BCUT2D eigenvalue weighted by Gasteiger charge is 2.35. The van der Waals surface area contributed by atoms with Crippen LogP contribution in [0.25, 0.3) is 11.1 Å². The molecule has 0 aliphatic carbocycles. The number of hydrogen-bond donors (Lipinski definition) is 0. The summed E-state index contributed by atoms with van der Waals surface area (Å²) in [5.74, 6) is 1.30. The van der Waals surface area contributed by atoms with E-state index in [1.54, 1.807) is 0 Å². The number of ether oxygens (including phenoxy) is 3. The topological polar surface area (TPSA) is 44.8 Å². The van der Waals surface area contributed by atoms with E-state index >= 15 is 0 Å². The van der Waals surface area contributed by atoms with Gasteiger partial charge in [-0.3, -0.25) is 4.79 Å². The normalized spacial score (nSPS) is 17.6. The minimum Gasteiger partial charge on any atom is -0.494 e. The average molecular weight is 439 g/mol. The lowest BCUT2D eigenvalue weighted by Crippen LogP contribution is -2.39. The molecule has 1 heterocycles. The van der Waals surface area contributed by atoms with E-state index in [1.165, 1.54) is 32.1 Å². The van der Waals surface area contributed by atoms with Crippen LogP contribution in [0.4, 0.5) is 0 Å². The first-order valence-corrected chi connectivity index (χ1v) is 12.2. The Morgan fingerprint density at radius 2 is 1.66 bits per heavy atom. The predicted molar refractivity (Wildman–Crippen MR) is 129 cm³/mol. The summed E-state index contributed by atoms with van der Waals surface area (Å²) in [4.78, 5) is 12.3. The molecule has 1 aliphatic heterocycles. The summed E-state index contributed by atoms with van der Waals surface area (Å²) in [5, 5.41) is 0. The van der Waals surface area contributed by atoms with Crippen LogP contribution in [0.5, 0.6) is 11.5 Å². The highest BCUT2D eigenvalue weighted by Crippen LogP contribution is 2.33. The predicted octanol–water partition coefficient (Wildman–Crippen LogP) is 7.20. The molecule has 4 nitrogen and oxygen atoms in total. The van der Waals surface area contributed by atoms with Gasteiger partial charge in [0.25, 0.3) is 0 Å². The third-order valence-electron chi connectivity index (χ3n) is 6.06. The van der Waals surface area contributed by atoms with Crippen molar-refractivity contribution >= 4 is 5.97 Å². The summed E-state index contributed by atoms with van der Waals surface area (Å²) in [6.07, 6.45) is 9.21. The molecular formula is C28H38O4. The van der Waals surface area contributed by atoms with Crippen molar-refractivity contribution in [3.05, 3.63) is 48.5 Å². The van der Waals surface area contributed by atoms with Crippen molar-refractivity contribution in [3.63, 3.8) is 0 Å². The fourth-order valence-electron chi connectivity index (χ4n) is 4.02. The van der Waals surface area contributed by atoms with Crippen LogP contribution in [0, 0.1) is 5.92 Å². The molecule has 0 amide bonds. The van der Waals surface area contributed by atoms with Crippen LogP contribution in [0.3, 0.4) is 0 Å². The summed E-state index contributed by atoms with van der Waals surface area (Å²) in [6, 6.07) is 16.1. The van der Waals surface area contributed by atoms with Crippen molar-refractivity contribution in [3.8, 4) is 22.6 Å². The van der Waals surface area contributed by atoms with Gasteiger partial charge in [-0.25, -0.2) is 0 Å². The average Bonchev–Trinajstić information content (AvgIpc) is 2.78. The molecule has 0 radical (unpaired) electrons. The molecule has 0 spiro atoms. The molecule has 1 saturated heterocycles. The molecule has 0 unspecified atom stereocenters. The second kappa shape index (κ2) is 11.9. The van der Waals surface area contributed by atoms with Gasteiger partial charge in [-0.1, -0.05) is 69.4 Å². The monoisotopic (exact) mass is 438 g/mol. The molecule has 4 heteroatoms. The summed E-state index contributed by atoms with van der Waals surface area (Å²) >= 11 is 0. The Hall–Kier alpha value is -2.49. The van der Waals surface area contributed by atoms with Crippen molar-refractivity contribution in [1.29, 1.82) is 0 Å². The highest BCUT2D eigenvalue weighted by molar-refractivity contribution is 5.74. The van der Waals surface area contributed by atoms with Gasteiger partial charge in [0.1, 0.15) is 23.7 Å². The van der Waals surface area contributed by atoms with Crippen molar-refractivity contribution in [2.24, 2.45) is 5.92 Å². The second-order valence-electron chi connectivity index (χ2n) is 9.36. The molecule has 0 N–H and O–H groups in total. The maximum Gasteiger partial charge on any atom is 0.312 e. The molecule has 0 aromatic heterocycles. The van der Waals surface area contributed by atoms with E-state index in [0.717, 1.165) is 48.5 Å². The van der Waals surface area contributed by atoms with E-state index < -0.39 is 0 Å². The van der Waals surface area contributed by atoms with Crippen molar-refractivity contribution in [2.45, 2.75) is 77.7 Å². The van der Waals surface area contributed by atoms with Crippen molar-refractivity contribution in [2.75, 3.05) is 13.2 Å². The second-order valence-corrected chi connectivity index (χ2v) is 9.36. The number of unbranched alkanes of at least 4 members (excludes halogenated alkanes) is 5. The number of esters is 1. The zero-order valence-electron chi connectivity index (χ0n) is 19.9. The summed E-state index contributed by atoms with van der Waals surface area (Å²) in [7, 11) is 0. The fourth-order valence-corrected chi connectivity index (χ4v) is 4.02. The van der Waals surface area contributed by atoms with Crippen LogP contribution in [-0.4, -0.2) is 24.8 Å². The van der Waals surface area contributed by atoms with Crippen LogP contribution in [0.1, 0.15) is 72.1 Å². The first kappa shape index (κ1) is 24.2. The third kappa shape index (κ3) is 7.29. The Kier molecular flexibility index (Phi) is 9.01. The number of benzene rings is 2. The van der Waals surface area contributed by atoms with E-state index in [0.29, 0.717) is 6.61 Å². The van der Waals surface area contributed by atoms with Gasteiger partial charge in [0, 0.05) is 5.56 Å². The van der Waals surface area contributed by atoms with Crippen molar-refractivity contribution < 1.29 is 19.0 Å². The van der Waals surface area contributed by atoms with E-state index in [1.807, 2.05) is 50.2 Å². The number of rotatable bonds is 12. The molecule has 3 rings (SSSR count). The van der Waals surface area contributed by atoms with Gasteiger partial charge in [-0.2, -0.15) is 0 Å². The molecule has 174 valence electrons. The third-order valence-corrected chi connectivity index (χ3v) is 6.06. The number of cyclic esters (lactones) is 1. The van der Waals surface area contributed by atoms with Gasteiger partial charge < -0.3 is 14.2 Å². The van der Waals surface area contributed by atoms with Crippen LogP contribution >= 0.6 is 0 Å². The summed E-state index contributed by atoms with van der Waals surface area (Å²) in [6.45, 7) is 7.26. The first-order chi connectivity index (χ1) is 15.5. The molecule has 0 saturated carbocycles. The maximum absolute atomic E-state index is 12.3. The smallest absolute Gasteiger partial charge is 0.312 e. The van der Waals surface area contributed by atoms with E-state index in [4.69, 9.17) is 14.2 Å². The lowest BCUT2D eigenvalue weighted by Gasteiger charge is -2.33. The molecular weight excluding hydrogens is 400 g/mol. The zero-order chi connectivity index (χ0) is 22.8. The minimum atomic E-state index is -0.371. The fraction of sp³-hybridized carbons (Fsp3) is 0.536. The van der Waals surface area contributed by atoms with Gasteiger partial charge in [0.05, 0.1) is 12.5 Å². The van der Waals surface area contributed by atoms with Crippen molar-refractivity contribution in [1.82, 2.24) is 0 Å². The minimum absolute atomic E-state index is 0.161. The molecule has 1 atom stereocenters. The summed E-state index contributed by atoms with van der Waals surface area (Å²) < 4.78 is 17.5. The number of hydrogen-bond acceptors (Lipinski definition) is 4. The standard InChI is InChI=1S/C28H38O4/c1-4-5-6-7-8-11-20-30-24-16-14-22(15-17-24)25-12-9-10-13-26(25)31-21-23-18-19-28(2,3)32-27(23)29/h9-10,12-17,23H,4-8,11,18-21H2,1-3H3/t23-/m0/s1. The number of carbonyl (C=O) groups excluding carboxylic acids is 1.